The fourth-order valence-electron chi connectivity index (χ4n) is 1.86. The van der Waals surface area contributed by atoms with E-state index in [1.54, 1.807) is 12.1 Å². The van der Waals surface area contributed by atoms with Crippen LogP contribution in [-0.2, 0) is 11.3 Å². The molecular formula is C16H15Br2NO2. The largest absolute Gasteiger partial charge is 0.377 e. The Morgan fingerprint density at radius 3 is 2.48 bits per heavy atom. The first-order valence-corrected chi connectivity index (χ1v) is 8.12. The second kappa shape index (κ2) is 7.73. The highest BCUT2D eigenvalue weighted by Gasteiger charge is 2.10. The van der Waals surface area contributed by atoms with Crippen LogP contribution in [0.25, 0.3) is 0 Å². The van der Waals surface area contributed by atoms with Crippen molar-refractivity contribution in [1.82, 2.24) is 0 Å². The molecule has 0 atom stereocenters. The van der Waals surface area contributed by atoms with E-state index < -0.39 is 0 Å². The maximum Gasteiger partial charge on any atom is 0.255 e. The van der Waals surface area contributed by atoms with E-state index in [0.29, 0.717) is 18.8 Å². The molecule has 110 valence electrons. The molecule has 0 aliphatic rings. The molecular weight excluding hydrogens is 398 g/mol. The molecule has 0 radical (unpaired) electrons. The zero-order valence-electron chi connectivity index (χ0n) is 11.5. The van der Waals surface area contributed by atoms with Gasteiger partial charge in [-0.2, -0.15) is 0 Å². The van der Waals surface area contributed by atoms with Crippen LogP contribution in [0.5, 0.6) is 0 Å². The van der Waals surface area contributed by atoms with Gasteiger partial charge in [-0.15, -0.1) is 0 Å². The van der Waals surface area contributed by atoms with Crippen LogP contribution < -0.4 is 5.32 Å². The third kappa shape index (κ3) is 4.66. The molecule has 0 fully saturated rings. The monoisotopic (exact) mass is 411 g/mol. The third-order valence-electron chi connectivity index (χ3n) is 2.85. The number of hydrogen-bond acceptors (Lipinski definition) is 2. The van der Waals surface area contributed by atoms with Crippen LogP contribution in [0.2, 0.25) is 0 Å². The van der Waals surface area contributed by atoms with Crippen molar-refractivity contribution in [3.63, 3.8) is 0 Å². The molecule has 0 bridgehead atoms. The van der Waals surface area contributed by atoms with Gasteiger partial charge in [0, 0.05) is 32.4 Å². The summed E-state index contributed by atoms with van der Waals surface area (Å²) in [5.41, 5.74) is 2.32. The van der Waals surface area contributed by atoms with Crippen LogP contribution in [0.15, 0.2) is 51.4 Å². The Balaban J connectivity index is 2.19. The van der Waals surface area contributed by atoms with Crippen molar-refractivity contribution in [1.29, 1.82) is 0 Å². The van der Waals surface area contributed by atoms with E-state index in [-0.39, 0.29) is 5.91 Å². The molecule has 2 aromatic carbocycles. The number of halogens is 2. The molecule has 3 nitrogen and oxygen atoms in total. The summed E-state index contributed by atoms with van der Waals surface area (Å²) in [5.74, 6) is -0.152. The second-order valence-corrected chi connectivity index (χ2v) is 6.24. The first-order chi connectivity index (χ1) is 10.1. The second-order valence-electron chi connectivity index (χ2n) is 4.41. The van der Waals surface area contributed by atoms with Crippen molar-refractivity contribution in [2.45, 2.75) is 13.5 Å². The summed E-state index contributed by atoms with van der Waals surface area (Å²) in [6, 6.07) is 13.1. The molecule has 0 saturated carbocycles. The summed E-state index contributed by atoms with van der Waals surface area (Å²) < 4.78 is 7.12. The van der Waals surface area contributed by atoms with E-state index in [4.69, 9.17) is 4.74 Å². The Labute approximate surface area is 141 Å². The van der Waals surface area contributed by atoms with Crippen LogP contribution in [0, 0.1) is 0 Å². The molecule has 2 rings (SSSR count). The van der Waals surface area contributed by atoms with Gasteiger partial charge in [-0.1, -0.05) is 50.1 Å². The van der Waals surface area contributed by atoms with Crippen molar-refractivity contribution in [2.75, 3.05) is 11.9 Å². The summed E-state index contributed by atoms with van der Waals surface area (Å²) >= 11 is 6.77. The van der Waals surface area contributed by atoms with E-state index in [1.165, 1.54) is 0 Å². The molecule has 0 heterocycles. The zero-order valence-corrected chi connectivity index (χ0v) is 14.7. The first-order valence-electron chi connectivity index (χ1n) is 6.53. The van der Waals surface area contributed by atoms with Gasteiger partial charge >= 0.3 is 0 Å². The van der Waals surface area contributed by atoms with Crippen molar-refractivity contribution < 1.29 is 9.53 Å². The van der Waals surface area contributed by atoms with Crippen LogP contribution in [0.3, 0.4) is 0 Å². The van der Waals surface area contributed by atoms with Gasteiger partial charge in [0.1, 0.15) is 0 Å². The van der Waals surface area contributed by atoms with E-state index in [9.17, 15) is 4.79 Å². The molecule has 21 heavy (non-hydrogen) atoms. The minimum absolute atomic E-state index is 0.152. The minimum atomic E-state index is -0.152. The lowest BCUT2D eigenvalue weighted by molar-refractivity contribution is 0.102. The maximum atomic E-state index is 12.4. The highest BCUT2D eigenvalue weighted by atomic mass is 79.9. The number of rotatable bonds is 5. The normalized spacial score (nSPS) is 10.4. The van der Waals surface area contributed by atoms with Crippen LogP contribution in [0.4, 0.5) is 5.69 Å². The smallest absolute Gasteiger partial charge is 0.255 e. The summed E-state index contributed by atoms with van der Waals surface area (Å²) in [6.45, 7) is 3.07. The number of carbonyl (C=O) groups excluding carboxylic acids is 1. The van der Waals surface area contributed by atoms with Gasteiger partial charge in [0.15, 0.2) is 0 Å². The standard InChI is InChI=1S/C16H15Br2NO2/c1-2-21-10-11-5-3-4-6-15(11)19-16(20)12-7-13(17)9-14(18)8-12/h3-9H,2,10H2,1H3,(H,19,20). The first kappa shape index (κ1) is 16.2. The molecule has 0 aromatic heterocycles. The third-order valence-corrected chi connectivity index (χ3v) is 3.77. The van der Waals surface area contributed by atoms with E-state index >= 15 is 0 Å². The fourth-order valence-corrected chi connectivity index (χ4v) is 3.15. The predicted octanol–water partition coefficient (Wildman–Crippen LogP) is 5.00. The number of hydrogen-bond donors (Lipinski definition) is 1. The summed E-state index contributed by atoms with van der Waals surface area (Å²) in [6.07, 6.45) is 0. The van der Waals surface area contributed by atoms with Crippen molar-refractivity contribution in [3.05, 3.63) is 62.5 Å². The summed E-state index contributed by atoms with van der Waals surface area (Å²) in [4.78, 5) is 12.4. The lowest BCUT2D eigenvalue weighted by Gasteiger charge is -2.11. The molecule has 1 amide bonds. The number of amides is 1. The average Bonchev–Trinajstić information content (AvgIpc) is 2.45. The van der Waals surface area contributed by atoms with Crippen molar-refractivity contribution in [3.8, 4) is 0 Å². The Kier molecular flexibility index (Phi) is 5.96. The van der Waals surface area contributed by atoms with Crippen molar-refractivity contribution >= 4 is 43.5 Å². The summed E-state index contributed by atoms with van der Waals surface area (Å²) in [7, 11) is 0. The van der Waals surface area contributed by atoms with E-state index in [2.05, 4.69) is 37.2 Å². The number of para-hydroxylation sites is 1. The van der Waals surface area contributed by atoms with Crippen LogP contribution in [0.1, 0.15) is 22.8 Å². The van der Waals surface area contributed by atoms with Gasteiger partial charge in [0.25, 0.3) is 5.91 Å². The quantitative estimate of drug-likeness (QED) is 0.750. The molecule has 0 aliphatic heterocycles. The van der Waals surface area contributed by atoms with E-state index in [1.807, 2.05) is 37.3 Å². The zero-order chi connectivity index (χ0) is 15.2. The van der Waals surface area contributed by atoms with Crippen LogP contribution in [-0.4, -0.2) is 12.5 Å². The van der Waals surface area contributed by atoms with Gasteiger partial charge < -0.3 is 10.1 Å². The van der Waals surface area contributed by atoms with Gasteiger partial charge in [-0.05, 0) is 31.2 Å². The van der Waals surface area contributed by atoms with Gasteiger partial charge in [-0.25, -0.2) is 0 Å². The summed E-state index contributed by atoms with van der Waals surface area (Å²) in [5, 5.41) is 2.93. The Bertz CT molecular complexity index is 624. The molecule has 0 aliphatic carbocycles. The molecule has 5 heteroatoms. The minimum Gasteiger partial charge on any atom is -0.377 e. The van der Waals surface area contributed by atoms with Gasteiger partial charge in [-0.3, -0.25) is 4.79 Å². The fraction of sp³-hybridized carbons (Fsp3) is 0.188. The van der Waals surface area contributed by atoms with Crippen molar-refractivity contribution in [2.24, 2.45) is 0 Å². The number of benzene rings is 2. The SMILES string of the molecule is CCOCc1ccccc1NC(=O)c1cc(Br)cc(Br)c1. The molecule has 2 aromatic rings. The molecule has 1 N–H and O–H groups in total. The Morgan fingerprint density at radius 1 is 1.14 bits per heavy atom. The maximum absolute atomic E-state index is 12.4. The molecule has 0 spiro atoms. The number of anilines is 1. The molecule has 0 unspecified atom stereocenters. The Morgan fingerprint density at radius 2 is 1.81 bits per heavy atom. The topological polar surface area (TPSA) is 38.3 Å². The Hall–Kier alpha value is -1.17. The molecule has 0 saturated heterocycles. The highest BCUT2D eigenvalue weighted by Crippen LogP contribution is 2.22. The van der Waals surface area contributed by atoms with Crippen LogP contribution >= 0.6 is 31.9 Å². The number of ether oxygens (including phenoxy) is 1. The average molecular weight is 413 g/mol. The van der Waals surface area contributed by atoms with E-state index in [0.717, 1.165) is 20.2 Å². The van der Waals surface area contributed by atoms with Gasteiger partial charge in [0.05, 0.1) is 6.61 Å². The highest BCUT2D eigenvalue weighted by molar-refractivity contribution is 9.11. The number of nitrogens with one attached hydrogen (secondary N) is 1. The predicted molar refractivity (Wildman–Crippen MR) is 91.6 cm³/mol. The lowest BCUT2D eigenvalue weighted by Crippen LogP contribution is -2.13. The number of carbonyl (C=O) groups is 1. The van der Waals surface area contributed by atoms with Gasteiger partial charge in [0.2, 0.25) is 0 Å². The lowest BCUT2D eigenvalue weighted by atomic mass is 10.1.